The molecule has 3 rings (SSSR count). The molecule has 0 bridgehead atoms. The fourth-order valence-corrected chi connectivity index (χ4v) is 3.91. The van der Waals surface area contributed by atoms with Gasteiger partial charge in [-0.1, -0.05) is 30.4 Å². The van der Waals surface area contributed by atoms with Crippen molar-refractivity contribution in [3.63, 3.8) is 0 Å². The Kier molecular flexibility index (Phi) is 3.69. The topological polar surface area (TPSA) is 57.6 Å². The molecule has 1 N–H and O–H groups in total. The third-order valence-electron chi connectivity index (χ3n) is 3.80. The molecule has 0 amide bonds. The average molecular weight is 303 g/mol. The third kappa shape index (κ3) is 2.66. The first-order valence-corrected chi connectivity index (χ1v) is 8.34. The summed E-state index contributed by atoms with van der Waals surface area (Å²) in [5.74, 6) is 0. The zero-order valence-corrected chi connectivity index (χ0v) is 12.4. The lowest BCUT2D eigenvalue weighted by Crippen LogP contribution is -2.30. The molecule has 0 atom stereocenters. The Morgan fingerprint density at radius 2 is 1.90 bits per heavy atom. The number of benzene rings is 1. The van der Waals surface area contributed by atoms with Crippen molar-refractivity contribution in [1.82, 2.24) is 4.31 Å². The molecule has 2 aliphatic rings. The van der Waals surface area contributed by atoms with E-state index >= 15 is 0 Å². The maximum atomic E-state index is 12.6. The lowest BCUT2D eigenvalue weighted by Gasteiger charge is -2.28. The van der Waals surface area contributed by atoms with Crippen LogP contribution in [0, 0.1) is 0 Å². The smallest absolute Gasteiger partial charge is 0.263 e. The van der Waals surface area contributed by atoms with Gasteiger partial charge in [0.05, 0.1) is 11.5 Å². The van der Waals surface area contributed by atoms with Crippen molar-refractivity contribution >= 4 is 10.0 Å². The molecule has 0 aromatic heterocycles. The van der Waals surface area contributed by atoms with Crippen LogP contribution in [0.3, 0.4) is 0 Å². The van der Waals surface area contributed by atoms with Gasteiger partial charge in [-0.05, 0) is 41.7 Å². The number of aliphatic hydroxyl groups is 1. The van der Waals surface area contributed by atoms with Crippen molar-refractivity contribution in [2.45, 2.75) is 24.3 Å². The molecular formula is C16H17NO3S. The van der Waals surface area contributed by atoms with Crippen LogP contribution >= 0.6 is 0 Å². The Morgan fingerprint density at radius 3 is 2.62 bits per heavy atom. The number of hydrogen-bond donors (Lipinski definition) is 1. The van der Waals surface area contributed by atoms with Crippen molar-refractivity contribution in [1.29, 1.82) is 0 Å². The summed E-state index contributed by atoms with van der Waals surface area (Å²) in [5, 5.41) is 9.03. The van der Waals surface area contributed by atoms with E-state index in [1.165, 1.54) is 9.88 Å². The van der Waals surface area contributed by atoms with E-state index in [2.05, 4.69) is 6.08 Å². The van der Waals surface area contributed by atoms with Gasteiger partial charge in [-0.3, -0.25) is 4.31 Å². The standard InChI is InChI=1S/C16H17NO3S/c18-12-13-5-7-16(8-6-13)21(19,20)17-10-9-14-3-1-2-4-15(14)11-17/h1-3,5-8,11,18H,4,9-10,12H2. The molecule has 1 aromatic rings. The Hall–Kier alpha value is -1.85. The Morgan fingerprint density at radius 1 is 1.14 bits per heavy atom. The number of fused-ring (bicyclic) bond motifs is 1. The van der Waals surface area contributed by atoms with Gasteiger partial charge in [-0.25, -0.2) is 8.42 Å². The van der Waals surface area contributed by atoms with Crippen LogP contribution < -0.4 is 0 Å². The molecule has 5 heteroatoms. The van der Waals surface area contributed by atoms with Gasteiger partial charge in [0.15, 0.2) is 0 Å². The second-order valence-corrected chi connectivity index (χ2v) is 7.04. The summed E-state index contributed by atoms with van der Waals surface area (Å²) in [7, 11) is -3.51. The molecular weight excluding hydrogens is 286 g/mol. The van der Waals surface area contributed by atoms with E-state index < -0.39 is 10.0 Å². The Balaban J connectivity index is 1.92. The van der Waals surface area contributed by atoms with Crippen LogP contribution in [0.25, 0.3) is 0 Å². The molecule has 0 saturated heterocycles. The summed E-state index contributed by atoms with van der Waals surface area (Å²) in [6.45, 7) is 0.377. The number of rotatable bonds is 3. The highest BCUT2D eigenvalue weighted by molar-refractivity contribution is 7.89. The molecule has 110 valence electrons. The number of sulfonamides is 1. The SMILES string of the molecule is O=S(=O)(c1ccc(CO)cc1)N1C=C2CC=CC=C2CC1. The molecule has 0 fully saturated rings. The zero-order chi connectivity index (χ0) is 14.9. The number of nitrogens with zero attached hydrogens (tertiary/aromatic N) is 1. The summed E-state index contributed by atoms with van der Waals surface area (Å²) < 4.78 is 26.7. The largest absolute Gasteiger partial charge is 0.392 e. The first kappa shape index (κ1) is 14.1. The first-order chi connectivity index (χ1) is 10.1. The maximum absolute atomic E-state index is 12.6. The molecule has 1 aromatic carbocycles. The van der Waals surface area contributed by atoms with Crippen molar-refractivity contribution in [3.8, 4) is 0 Å². The first-order valence-electron chi connectivity index (χ1n) is 6.89. The average Bonchev–Trinajstić information content (AvgIpc) is 2.54. The van der Waals surface area contributed by atoms with E-state index in [9.17, 15) is 8.42 Å². The zero-order valence-electron chi connectivity index (χ0n) is 11.6. The van der Waals surface area contributed by atoms with Crippen LogP contribution in [0.5, 0.6) is 0 Å². The van der Waals surface area contributed by atoms with Crippen LogP contribution in [0.15, 0.2) is 64.7 Å². The summed E-state index contributed by atoms with van der Waals surface area (Å²) in [6, 6.07) is 6.37. The van der Waals surface area contributed by atoms with E-state index in [0.717, 1.165) is 18.4 Å². The molecule has 0 radical (unpaired) electrons. The van der Waals surface area contributed by atoms with E-state index in [1.54, 1.807) is 30.5 Å². The number of aliphatic hydroxyl groups excluding tert-OH is 1. The predicted octanol–water partition coefficient (Wildman–Crippen LogP) is 2.34. The normalized spacial score (nSPS) is 18.0. The second kappa shape index (κ2) is 5.50. The van der Waals surface area contributed by atoms with Gasteiger partial charge in [0, 0.05) is 12.7 Å². The molecule has 0 unspecified atom stereocenters. The fourth-order valence-electron chi connectivity index (χ4n) is 2.56. The van der Waals surface area contributed by atoms with Crippen LogP contribution in [0.1, 0.15) is 18.4 Å². The van der Waals surface area contributed by atoms with E-state index in [4.69, 9.17) is 5.11 Å². The van der Waals surface area contributed by atoms with Crippen LogP contribution in [-0.4, -0.2) is 24.4 Å². The van der Waals surface area contributed by atoms with Gasteiger partial charge in [-0.15, -0.1) is 0 Å². The van der Waals surface area contributed by atoms with Crippen LogP contribution in [0.2, 0.25) is 0 Å². The minimum atomic E-state index is -3.51. The number of hydrogen-bond acceptors (Lipinski definition) is 3. The van der Waals surface area contributed by atoms with Gasteiger partial charge in [0.1, 0.15) is 0 Å². The van der Waals surface area contributed by atoms with Crippen LogP contribution in [-0.2, 0) is 16.6 Å². The van der Waals surface area contributed by atoms with Gasteiger partial charge in [0.25, 0.3) is 10.0 Å². The van der Waals surface area contributed by atoms with Gasteiger partial charge >= 0.3 is 0 Å². The highest BCUT2D eigenvalue weighted by Crippen LogP contribution is 2.30. The van der Waals surface area contributed by atoms with Crippen molar-refractivity contribution in [3.05, 3.63) is 65.4 Å². The molecule has 1 aliphatic heterocycles. The Labute approximate surface area is 124 Å². The summed E-state index contributed by atoms with van der Waals surface area (Å²) >= 11 is 0. The maximum Gasteiger partial charge on any atom is 0.263 e. The highest BCUT2D eigenvalue weighted by atomic mass is 32.2. The lowest BCUT2D eigenvalue weighted by atomic mass is 9.94. The van der Waals surface area contributed by atoms with Gasteiger partial charge < -0.3 is 5.11 Å². The van der Waals surface area contributed by atoms with Crippen molar-refractivity contribution in [2.75, 3.05) is 6.54 Å². The summed E-state index contributed by atoms with van der Waals surface area (Å²) in [6.07, 6.45) is 9.36. The molecule has 4 nitrogen and oxygen atoms in total. The summed E-state index contributed by atoms with van der Waals surface area (Å²) in [5.41, 5.74) is 2.99. The lowest BCUT2D eigenvalue weighted by molar-refractivity contribution is 0.281. The molecule has 21 heavy (non-hydrogen) atoms. The van der Waals surface area contributed by atoms with Crippen molar-refractivity contribution in [2.24, 2.45) is 0 Å². The van der Waals surface area contributed by atoms with Crippen molar-refractivity contribution < 1.29 is 13.5 Å². The molecule has 1 aliphatic carbocycles. The monoisotopic (exact) mass is 303 g/mol. The Bertz CT molecular complexity index is 727. The summed E-state index contributed by atoms with van der Waals surface area (Å²) in [4.78, 5) is 0.260. The van der Waals surface area contributed by atoms with Crippen LogP contribution in [0.4, 0.5) is 0 Å². The molecule has 0 saturated carbocycles. The van der Waals surface area contributed by atoms with E-state index in [0.29, 0.717) is 12.1 Å². The van der Waals surface area contributed by atoms with E-state index in [-0.39, 0.29) is 11.5 Å². The van der Waals surface area contributed by atoms with Gasteiger partial charge in [0.2, 0.25) is 0 Å². The second-order valence-electron chi connectivity index (χ2n) is 5.15. The minimum absolute atomic E-state index is 0.0887. The number of allylic oxidation sites excluding steroid dienone is 4. The third-order valence-corrected chi connectivity index (χ3v) is 5.57. The van der Waals surface area contributed by atoms with Gasteiger partial charge in [-0.2, -0.15) is 0 Å². The molecule has 0 spiro atoms. The highest BCUT2D eigenvalue weighted by Gasteiger charge is 2.26. The predicted molar refractivity (Wildman–Crippen MR) is 80.8 cm³/mol. The fraction of sp³-hybridized carbons (Fsp3) is 0.250. The minimum Gasteiger partial charge on any atom is -0.392 e. The molecule has 1 heterocycles. The van der Waals surface area contributed by atoms with E-state index in [1.807, 2.05) is 12.2 Å². The quantitative estimate of drug-likeness (QED) is 0.932.